The van der Waals surface area contributed by atoms with E-state index in [1.54, 1.807) is 10.9 Å². The minimum absolute atomic E-state index is 0.242. The predicted molar refractivity (Wildman–Crippen MR) is 113 cm³/mol. The highest BCUT2D eigenvalue weighted by atomic mass is 16.5. The van der Waals surface area contributed by atoms with Crippen molar-refractivity contribution < 1.29 is 14.6 Å². The van der Waals surface area contributed by atoms with Gasteiger partial charge in [-0.2, -0.15) is 5.10 Å². The number of carbonyl (C=O) groups excluding carboxylic acids is 1. The van der Waals surface area contributed by atoms with Gasteiger partial charge in [0.15, 0.2) is 0 Å². The van der Waals surface area contributed by atoms with Gasteiger partial charge in [-0.15, -0.1) is 0 Å². The summed E-state index contributed by atoms with van der Waals surface area (Å²) in [6.45, 7) is 2.77. The lowest BCUT2D eigenvalue weighted by atomic mass is 9.99. The zero-order chi connectivity index (χ0) is 21.1. The quantitative estimate of drug-likeness (QED) is 0.679. The van der Waals surface area contributed by atoms with E-state index in [0.717, 1.165) is 27.9 Å². The number of aliphatic hydroxyl groups is 1. The lowest BCUT2D eigenvalue weighted by Crippen LogP contribution is -2.48. The fraction of sp³-hybridized carbons (Fsp3) is 0.348. The second kappa shape index (κ2) is 8.77. The minimum Gasteiger partial charge on any atom is -0.389 e. The molecule has 0 radical (unpaired) electrons. The fourth-order valence-electron chi connectivity index (χ4n) is 3.60. The first-order valence-corrected chi connectivity index (χ1v) is 10.1. The second-order valence-corrected chi connectivity index (χ2v) is 7.76. The van der Waals surface area contributed by atoms with Crippen molar-refractivity contribution in [3.05, 3.63) is 71.2 Å². The largest absolute Gasteiger partial charge is 0.389 e. The lowest BCUT2D eigenvalue weighted by Gasteiger charge is -2.28. The molecule has 0 unspecified atom stereocenters. The van der Waals surface area contributed by atoms with Crippen molar-refractivity contribution in [2.24, 2.45) is 7.05 Å². The van der Waals surface area contributed by atoms with Crippen LogP contribution < -0.4 is 5.32 Å². The van der Waals surface area contributed by atoms with E-state index >= 15 is 0 Å². The smallest absolute Gasteiger partial charge is 0.270 e. The van der Waals surface area contributed by atoms with Crippen LogP contribution in [0.3, 0.4) is 0 Å². The third-order valence-electron chi connectivity index (χ3n) is 5.45. The lowest BCUT2D eigenvalue weighted by molar-refractivity contribution is -0.0261. The Labute approximate surface area is 175 Å². The summed E-state index contributed by atoms with van der Waals surface area (Å²) in [5.74, 6) is -0.271. The van der Waals surface area contributed by atoms with E-state index in [4.69, 9.17) is 4.74 Å². The van der Waals surface area contributed by atoms with Crippen LogP contribution >= 0.6 is 0 Å². The fourth-order valence-corrected chi connectivity index (χ4v) is 3.60. The molecular formula is C23H26N4O3. The molecule has 1 saturated heterocycles. The van der Waals surface area contributed by atoms with Gasteiger partial charge in [0.1, 0.15) is 5.69 Å². The molecule has 1 aromatic carbocycles. The number of nitrogens with zero attached hydrogens (tertiary/aromatic N) is 3. The number of amides is 1. The van der Waals surface area contributed by atoms with E-state index in [2.05, 4.69) is 39.7 Å². The van der Waals surface area contributed by atoms with Crippen LogP contribution in [0.4, 0.5) is 0 Å². The number of aromatic nitrogens is 3. The number of ether oxygens (including phenoxy) is 1. The van der Waals surface area contributed by atoms with E-state index in [-0.39, 0.29) is 18.6 Å². The summed E-state index contributed by atoms with van der Waals surface area (Å²) in [5.41, 5.74) is 5.61. The van der Waals surface area contributed by atoms with E-state index in [9.17, 15) is 9.90 Å². The molecule has 156 valence electrons. The number of aliphatic hydroxyl groups excluding tert-OH is 1. The first-order valence-electron chi connectivity index (χ1n) is 10.1. The van der Waals surface area contributed by atoms with Gasteiger partial charge in [-0.1, -0.05) is 24.3 Å². The molecule has 30 heavy (non-hydrogen) atoms. The molecule has 0 bridgehead atoms. The summed E-state index contributed by atoms with van der Waals surface area (Å²) in [4.78, 5) is 16.9. The van der Waals surface area contributed by atoms with Gasteiger partial charge in [-0.05, 0) is 48.6 Å². The molecule has 0 spiro atoms. The van der Waals surface area contributed by atoms with Crippen molar-refractivity contribution in [3.63, 3.8) is 0 Å². The molecule has 1 aliphatic heterocycles. The zero-order valence-electron chi connectivity index (χ0n) is 17.2. The molecule has 2 aromatic heterocycles. The van der Waals surface area contributed by atoms with Crippen molar-refractivity contribution in [2.75, 3.05) is 13.2 Å². The molecule has 7 heteroatoms. The molecule has 2 N–H and O–H groups in total. The second-order valence-electron chi connectivity index (χ2n) is 7.76. The van der Waals surface area contributed by atoms with Crippen LogP contribution in [0.15, 0.2) is 48.8 Å². The van der Waals surface area contributed by atoms with Gasteiger partial charge in [-0.3, -0.25) is 14.5 Å². The van der Waals surface area contributed by atoms with Crippen molar-refractivity contribution in [2.45, 2.75) is 31.9 Å². The molecule has 0 aliphatic carbocycles. The normalized spacial score (nSPS) is 18.9. The third kappa shape index (κ3) is 4.58. The van der Waals surface area contributed by atoms with Crippen LogP contribution in [-0.2, 0) is 18.2 Å². The minimum atomic E-state index is -0.690. The van der Waals surface area contributed by atoms with Crippen LogP contribution in [0.25, 0.3) is 11.3 Å². The number of hydrogen-bond acceptors (Lipinski definition) is 5. The molecule has 4 rings (SSSR count). The maximum Gasteiger partial charge on any atom is 0.270 e. The molecule has 2 atom stereocenters. The van der Waals surface area contributed by atoms with Crippen molar-refractivity contribution in [1.29, 1.82) is 0 Å². The molecule has 1 aliphatic rings. The standard InChI is InChI=1S/C23H26N4O3/c1-15-13-24-21(23(29)25-20-8-10-30-14-22(20)28)12-18(15)11-16-3-5-17(6-4-16)19-7-9-27(2)26-19/h3-7,9,12-13,20,22,28H,8,10-11,14H2,1-2H3,(H,25,29)/t20-,22-/m0/s1. The number of hydrogen-bond donors (Lipinski definition) is 2. The highest BCUT2D eigenvalue weighted by molar-refractivity contribution is 5.92. The predicted octanol–water partition coefficient (Wildman–Crippen LogP) is 2.26. The average Bonchev–Trinajstić information content (AvgIpc) is 3.18. The number of nitrogens with one attached hydrogen (secondary N) is 1. The van der Waals surface area contributed by atoms with Gasteiger partial charge in [0.2, 0.25) is 0 Å². The Hall–Kier alpha value is -3.03. The summed E-state index contributed by atoms with van der Waals surface area (Å²) in [5, 5.41) is 17.3. The van der Waals surface area contributed by atoms with Crippen LogP contribution in [0.1, 0.15) is 33.6 Å². The zero-order valence-corrected chi connectivity index (χ0v) is 17.2. The van der Waals surface area contributed by atoms with E-state index < -0.39 is 6.10 Å². The number of benzene rings is 1. The van der Waals surface area contributed by atoms with Crippen LogP contribution in [0.5, 0.6) is 0 Å². The first kappa shape index (κ1) is 20.3. The Balaban J connectivity index is 1.47. The summed E-state index contributed by atoms with van der Waals surface area (Å²) in [6, 6.07) is 11.8. The van der Waals surface area contributed by atoms with E-state index in [1.165, 1.54) is 0 Å². The topological polar surface area (TPSA) is 89.3 Å². The third-order valence-corrected chi connectivity index (χ3v) is 5.45. The Kier molecular flexibility index (Phi) is 5.92. The Bertz CT molecular complexity index is 1030. The molecule has 3 heterocycles. The number of pyridine rings is 1. The molecule has 0 saturated carbocycles. The molecule has 1 fully saturated rings. The van der Waals surface area contributed by atoms with Crippen molar-refractivity contribution in [1.82, 2.24) is 20.1 Å². The first-order chi connectivity index (χ1) is 14.5. The van der Waals surface area contributed by atoms with Gasteiger partial charge in [-0.25, -0.2) is 0 Å². The van der Waals surface area contributed by atoms with Crippen LogP contribution in [0, 0.1) is 6.92 Å². The Morgan fingerprint density at radius 1 is 1.30 bits per heavy atom. The average molecular weight is 406 g/mol. The van der Waals surface area contributed by atoms with E-state index in [1.807, 2.05) is 32.3 Å². The number of rotatable bonds is 5. The monoisotopic (exact) mass is 406 g/mol. The van der Waals surface area contributed by atoms with E-state index in [0.29, 0.717) is 25.1 Å². The van der Waals surface area contributed by atoms with Gasteiger partial charge < -0.3 is 15.2 Å². The van der Waals surface area contributed by atoms with Gasteiger partial charge in [0.25, 0.3) is 5.91 Å². The van der Waals surface area contributed by atoms with Crippen LogP contribution in [0.2, 0.25) is 0 Å². The van der Waals surface area contributed by atoms with Crippen molar-refractivity contribution in [3.8, 4) is 11.3 Å². The van der Waals surface area contributed by atoms with Gasteiger partial charge in [0, 0.05) is 31.6 Å². The maximum atomic E-state index is 12.6. The summed E-state index contributed by atoms with van der Waals surface area (Å²) >= 11 is 0. The summed E-state index contributed by atoms with van der Waals surface area (Å²) < 4.78 is 7.00. The number of carbonyl (C=O) groups is 1. The number of aryl methyl sites for hydroxylation is 2. The van der Waals surface area contributed by atoms with Gasteiger partial charge >= 0.3 is 0 Å². The summed E-state index contributed by atoms with van der Waals surface area (Å²) in [7, 11) is 1.90. The maximum absolute atomic E-state index is 12.6. The van der Waals surface area contributed by atoms with Crippen LogP contribution in [-0.4, -0.2) is 51.1 Å². The molecule has 1 amide bonds. The molecule has 3 aromatic rings. The summed E-state index contributed by atoms with van der Waals surface area (Å²) in [6.07, 6.45) is 4.26. The Morgan fingerprint density at radius 2 is 2.10 bits per heavy atom. The van der Waals surface area contributed by atoms with Gasteiger partial charge in [0.05, 0.1) is 24.4 Å². The molecular weight excluding hydrogens is 380 g/mol. The molecule has 7 nitrogen and oxygen atoms in total. The SMILES string of the molecule is Cc1cnc(C(=O)N[C@H]2CCOC[C@@H]2O)cc1Cc1ccc(-c2ccn(C)n2)cc1. The van der Waals surface area contributed by atoms with Crippen molar-refractivity contribution >= 4 is 5.91 Å². The highest BCUT2D eigenvalue weighted by Crippen LogP contribution is 2.20. The highest BCUT2D eigenvalue weighted by Gasteiger charge is 2.26. The Morgan fingerprint density at radius 3 is 2.80 bits per heavy atom.